The van der Waals surface area contributed by atoms with Gasteiger partial charge in [0.25, 0.3) is 0 Å². The summed E-state index contributed by atoms with van der Waals surface area (Å²) in [6.45, 7) is 0.400. The first-order chi connectivity index (χ1) is 13.6. The second kappa shape index (κ2) is 7.95. The van der Waals surface area contributed by atoms with Crippen LogP contribution in [0.5, 0.6) is 0 Å². The number of urea groups is 1. The van der Waals surface area contributed by atoms with E-state index < -0.39 is 0 Å². The molecule has 4 rings (SSSR count). The lowest BCUT2D eigenvalue weighted by atomic mass is 10.2. The number of amides is 2. The summed E-state index contributed by atoms with van der Waals surface area (Å²) in [5.41, 5.74) is 1.79. The smallest absolute Gasteiger partial charge is 0.319 e. The number of halogens is 2. The Morgan fingerprint density at radius 3 is 2.79 bits per heavy atom. The molecule has 28 heavy (non-hydrogen) atoms. The number of rotatable bonds is 5. The number of carbonyl (C=O) groups excluding carboxylic acids is 1. The van der Waals surface area contributed by atoms with E-state index in [9.17, 15) is 9.18 Å². The standard InChI is InChI=1S/C19H15ClFN5OS/c20-14-6-2-4-8-16(14)23-18(27)22-10-9-12-11-28-19-24-17(25-26(12)19)13-5-1-3-7-15(13)21/h1-8,11H,9-10H2,(H2,22,23,27). The van der Waals surface area contributed by atoms with Crippen LogP contribution in [0.2, 0.25) is 5.02 Å². The van der Waals surface area contributed by atoms with Crippen LogP contribution < -0.4 is 10.6 Å². The van der Waals surface area contributed by atoms with Crippen molar-refractivity contribution >= 4 is 39.6 Å². The molecule has 0 saturated heterocycles. The highest BCUT2D eigenvalue weighted by Crippen LogP contribution is 2.23. The molecule has 2 amide bonds. The first kappa shape index (κ1) is 18.4. The van der Waals surface area contributed by atoms with Crippen LogP contribution in [0.4, 0.5) is 14.9 Å². The Morgan fingerprint density at radius 2 is 1.96 bits per heavy atom. The van der Waals surface area contributed by atoms with E-state index >= 15 is 0 Å². The average molecular weight is 416 g/mol. The van der Waals surface area contributed by atoms with E-state index in [1.165, 1.54) is 17.4 Å². The van der Waals surface area contributed by atoms with Gasteiger partial charge in [-0.05, 0) is 24.3 Å². The molecule has 0 spiro atoms. The molecule has 9 heteroatoms. The predicted molar refractivity (Wildman–Crippen MR) is 108 cm³/mol. The van der Waals surface area contributed by atoms with Crippen molar-refractivity contribution in [3.8, 4) is 11.4 Å². The summed E-state index contributed by atoms with van der Waals surface area (Å²) in [5.74, 6) is -0.0177. The number of hydrogen-bond acceptors (Lipinski definition) is 4. The minimum absolute atomic E-state index is 0.342. The van der Waals surface area contributed by atoms with E-state index in [0.717, 1.165) is 5.69 Å². The molecule has 0 atom stereocenters. The van der Waals surface area contributed by atoms with Gasteiger partial charge >= 0.3 is 6.03 Å². The maximum atomic E-state index is 14.0. The summed E-state index contributed by atoms with van der Waals surface area (Å²) in [4.78, 5) is 17.1. The molecule has 0 saturated carbocycles. The molecule has 0 unspecified atom stereocenters. The quantitative estimate of drug-likeness (QED) is 0.499. The van der Waals surface area contributed by atoms with E-state index in [1.54, 1.807) is 47.0 Å². The Labute approximate surface area is 169 Å². The molecule has 2 aromatic heterocycles. The normalized spacial score (nSPS) is 10.9. The minimum atomic E-state index is -0.361. The fraction of sp³-hybridized carbons (Fsp3) is 0.105. The van der Waals surface area contributed by atoms with Gasteiger partial charge in [0, 0.05) is 18.3 Å². The highest BCUT2D eigenvalue weighted by atomic mass is 35.5. The van der Waals surface area contributed by atoms with Crippen molar-refractivity contribution < 1.29 is 9.18 Å². The van der Waals surface area contributed by atoms with Crippen LogP contribution in [0.15, 0.2) is 53.9 Å². The Balaban J connectivity index is 1.41. The highest BCUT2D eigenvalue weighted by molar-refractivity contribution is 7.15. The summed E-state index contributed by atoms with van der Waals surface area (Å²) in [5, 5.41) is 12.3. The van der Waals surface area contributed by atoms with Crippen LogP contribution in [0.1, 0.15) is 5.69 Å². The third-order valence-corrected chi connectivity index (χ3v) is 5.25. The molecular weight excluding hydrogens is 401 g/mol. The van der Waals surface area contributed by atoms with Crippen molar-refractivity contribution in [2.24, 2.45) is 0 Å². The summed E-state index contributed by atoms with van der Waals surface area (Å²) < 4.78 is 15.6. The average Bonchev–Trinajstić information content (AvgIpc) is 3.26. The van der Waals surface area contributed by atoms with Gasteiger partial charge in [-0.1, -0.05) is 35.9 Å². The number of aromatic nitrogens is 3. The van der Waals surface area contributed by atoms with Crippen LogP contribution in [0.3, 0.4) is 0 Å². The van der Waals surface area contributed by atoms with Gasteiger partial charge in [-0.25, -0.2) is 13.7 Å². The van der Waals surface area contributed by atoms with Crippen molar-refractivity contribution in [3.63, 3.8) is 0 Å². The summed E-state index contributed by atoms with van der Waals surface area (Å²) >= 11 is 7.45. The predicted octanol–water partition coefficient (Wildman–Crippen LogP) is 4.61. The second-order valence-corrected chi connectivity index (χ2v) is 7.19. The lowest BCUT2D eigenvalue weighted by molar-refractivity contribution is 0.252. The van der Waals surface area contributed by atoms with Crippen molar-refractivity contribution in [2.45, 2.75) is 6.42 Å². The zero-order valence-electron chi connectivity index (χ0n) is 14.5. The van der Waals surface area contributed by atoms with Gasteiger partial charge < -0.3 is 10.6 Å². The first-order valence-electron chi connectivity index (χ1n) is 8.49. The molecule has 0 aliphatic carbocycles. The number of anilines is 1. The fourth-order valence-electron chi connectivity index (χ4n) is 2.69. The van der Waals surface area contributed by atoms with Gasteiger partial charge in [-0.2, -0.15) is 4.98 Å². The zero-order chi connectivity index (χ0) is 19.5. The molecule has 0 fully saturated rings. The molecule has 2 aromatic carbocycles. The minimum Gasteiger partial charge on any atom is -0.337 e. The van der Waals surface area contributed by atoms with Crippen molar-refractivity contribution in [3.05, 3.63) is 70.4 Å². The Bertz CT molecular complexity index is 1140. The lowest BCUT2D eigenvalue weighted by Crippen LogP contribution is -2.30. The van der Waals surface area contributed by atoms with Crippen molar-refractivity contribution in [2.75, 3.05) is 11.9 Å². The highest BCUT2D eigenvalue weighted by Gasteiger charge is 2.14. The molecule has 0 aliphatic rings. The van der Waals surface area contributed by atoms with Gasteiger partial charge in [-0.3, -0.25) is 0 Å². The maximum absolute atomic E-state index is 14.0. The van der Waals surface area contributed by atoms with Crippen molar-refractivity contribution in [1.29, 1.82) is 0 Å². The van der Waals surface area contributed by atoms with Gasteiger partial charge in [-0.15, -0.1) is 16.4 Å². The molecule has 6 nitrogen and oxygen atoms in total. The third kappa shape index (κ3) is 3.83. The number of nitrogens with zero attached hydrogens (tertiary/aromatic N) is 3. The Kier molecular flexibility index (Phi) is 5.23. The van der Waals surface area contributed by atoms with E-state index in [2.05, 4.69) is 20.7 Å². The van der Waals surface area contributed by atoms with Gasteiger partial charge in [0.15, 0.2) is 5.82 Å². The Morgan fingerprint density at radius 1 is 1.18 bits per heavy atom. The number of thiazole rings is 1. The molecule has 2 N–H and O–H groups in total. The van der Waals surface area contributed by atoms with E-state index in [4.69, 9.17) is 11.6 Å². The van der Waals surface area contributed by atoms with Gasteiger partial charge in [0.2, 0.25) is 4.96 Å². The lowest BCUT2D eigenvalue weighted by Gasteiger charge is -2.08. The number of para-hydroxylation sites is 1. The SMILES string of the molecule is O=C(NCCc1csc2nc(-c3ccccc3F)nn12)Nc1ccccc1Cl. The molecule has 4 aromatic rings. The van der Waals surface area contributed by atoms with E-state index in [1.807, 2.05) is 5.38 Å². The fourth-order valence-corrected chi connectivity index (χ4v) is 3.73. The largest absolute Gasteiger partial charge is 0.337 e. The van der Waals surface area contributed by atoms with Gasteiger partial charge in [0.05, 0.1) is 22.0 Å². The maximum Gasteiger partial charge on any atom is 0.319 e. The number of nitrogens with one attached hydrogen (secondary N) is 2. The molecule has 0 radical (unpaired) electrons. The van der Waals surface area contributed by atoms with Crippen LogP contribution in [0.25, 0.3) is 16.3 Å². The molecule has 142 valence electrons. The Hall–Kier alpha value is -2.97. The third-order valence-electron chi connectivity index (χ3n) is 4.05. The summed E-state index contributed by atoms with van der Waals surface area (Å²) in [6, 6.07) is 13.1. The van der Waals surface area contributed by atoms with Crippen LogP contribution in [-0.2, 0) is 6.42 Å². The number of fused-ring (bicyclic) bond motifs is 1. The van der Waals surface area contributed by atoms with E-state index in [0.29, 0.717) is 40.0 Å². The van der Waals surface area contributed by atoms with Gasteiger partial charge in [0.1, 0.15) is 5.82 Å². The molecule has 0 aliphatic heterocycles. The summed E-state index contributed by atoms with van der Waals surface area (Å²) in [7, 11) is 0. The second-order valence-electron chi connectivity index (χ2n) is 5.95. The molecular formula is C19H15ClFN5OS. The zero-order valence-corrected chi connectivity index (χ0v) is 16.1. The topological polar surface area (TPSA) is 71.3 Å². The van der Waals surface area contributed by atoms with Crippen LogP contribution in [-0.4, -0.2) is 27.2 Å². The number of benzene rings is 2. The summed E-state index contributed by atoms with van der Waals surface area (Å²) in [6.07, 6.45) is 0.552. The van der Waals surface area contributed by atoms with Crippen LogP contribution >= 0.6 is 22.9 Å². The first-order valence-corrected chi connectivity index (χ1v) is 9.75. The van der Waals surface area contributed by atoms with E-state index in [-0.39, 0.29) is 11.8 Å². The molecule has 0 bridgehead atoms. The monoisotopic (exact) mass is 415 g/mol. The van der Waals surface area contributed by atoms with Crippen molar-refractivity contribution in [1.82, 2.24) is 19.9 Å². The van der Waals surface area contributed by atoms with Crippen LogP contribution in [0, 0.1) is 5.82 Å². The molecule has 2 heterocycles. The number of hydrogen-bond donors (Lipinski definition) is 2. The number of carbonyl (C=O) groups is 1.